The van der Waals surface area contributed by atoms with Gasteiger partial charge in [0.25, 0.3) is 5.91 Å². The van der Waals surface area contributed by atoms with Crippen LogP contribution in [-0.4, -0.2) is 34.8 Å². The lowest BCUT2D eigenvalue weighted by atomic mass is 10.1. The molecule has 0 aromatic heterocycles. The highest BCUT2D eigenvalue weighted by Crippen LogP contribution is 2.34. The fraction of sp³-hybridized carbons (Fsp3) is 0.150. The Labute approximate surface area is 167 Å². The van der Waals surface area contributed by atoms with Crippen molar-refractivity contribution >= 4 is 46.3 Å². The molecule has 1 fully saturated rings. The first-order valence-electron chi connectivity index (χ1n) is 8.24. The van der Waals surface area contributed by atoms with Gasteiger partial charge in [-0.05, 0) is 42.8 Å². The number of amides is 1. The molecule has 1 aliphatic heterocycles. The lowest BCUT2D eigenvalue weighted by molar-refractivity contribution is -0.121. The molecule has 138 valence electrons. The van der Waals surface area contributed by atoms with E-state index in [4.69, 9.17) is 21.7 Å². The smallest absolute Gasteiger partial charge is 0.343 e. The van der Waals surface area contributed by atoms with Crippen molar-refractivity contribution in [3.05, 3.63) is 64.6 Å². The van der Waals surface area contributed by atoms with Gasteiger partial charge in [0.2, 0.25) is 0 Å². The lowest BCUT2D eigenvalue weighted by Crippen LogP contribution is -2.27. The van der Waals surface area contributed by atoms with E-state index in [9.17, 15) is 9.59 Å². The average Bonchev–Trinajstić information content (AvgIpc) is 2.96. The van der Waals surface area contributed by atoms with Gasteiger partial charge in [0, 0.05) is 6.54 Å². The number of rotatable bonds is 5. The van der Waals surface area contributed by atoms with Gasteiger partial charge < -0.3 is 9.47 Å². The van der Waals surface area contributed by atoms with Crippen LogP contribution < -0.4 is 9.47 Å². The Morgan fingerprint density at radius 3 is 2.56 bits per heavy atom. The number of carbonyl (C=O) groups excluding carboxylic acids is 2. The summed E-state index contributed by atoms with van der Waals surface area (Å²) >= 11 is 6.49. The summed E-state index contributed by atoms with van der Waals surface area (Å²) in [5, 5.41) is 0. The van der Waals surface area contributed by atoms with Gasteiger partial charge in [0.15, 0.2) is 11.5 Å². The Morgan fingerprint density at radius 1 is 1.19 bits per heavy atom. The van der Waals surface area contributed by atoms with Gasteiger partial charge in [-0.2, -0.15) is 0 Å². The highest BCUT2D eigenvalue weighted by molar-refractivity contribution is 8.26. The number of nitrogens with zero attached hydrogens (tertiary/aromatic N) is 1. The fourth-order valence-corrected chi connectivity index (χ4v) is 3.90. The molecule has 0 spiro atoms. The molecular weight excluding hydrogens is 382 g/mol. The number of hydrogen-bond acceptors (Lipinski definition) is 6. The van der Waals surface area contributed by atoms with Crippen LogP contribution in [0.25, 0.3) is 6.08 Å². The van der Waals surface area contributed by atoms with Crippen LogP contribution in [0.1, 0.15) is 22.8 Å². The molecule has 0 unspecified atom stereocenters. The standard InChI is InChI=1S/C20H17NO4S2/c1-3-21-18(22)17(27-20(21)26)12-13-9-10-15(16(11-13)24-2)25-19(23)14-7-5-4-6-8-14/h4-12H,3H2,1-2H3/b17-12-. The summed E-state index contributed by atoms with van der Waals surface area (Å²) in [6.45, 7) is 2.42. The molecule has 27 heavy (non-hydrogen) atoms. The minimum absolute atomic E-state index is 0.106. The van der Waals surface area contributed by atoms with Gasteiger partial charge in [-0.25, -0.2) is 4.79 Å². The number of ether oxygens (including phenoxy) is 2. The van der Waals surface area contributed by atoms with Crippen LogP contribution >= 0.6 is 24.0 Å². The van der Waals surface area contributed by atoms with Gasteiger partial charge in [0.05, 0.1) is 17.6 Å². The Morgan fingerprint density at radius 2 is 1.93 bits per heavy atom. The van der Waals surface area contributed by atoms with Gasteiger partial charge in [0.1, 0.15) is 4.32 Å². The van der Waals surface area contributed by atoms with Crippen LogP contribution in [0.15, 0.2) is 53.4 Å². The molecule has 0 N–H and O–H groups in total. The van der Waals surface area contributed by atoms with Crippen molar-refractivity contribution < 1.29 is 19.1 Å². The van der Waals surface area contributed by atoms with Crippen molar-refractivity contribution in [3.63, 3.8) is 0 Å². The van der Waals surface area contributed by atoms with Crippen molar-refractivity contribution in [3.8, 4) is 11.5 Å². The molecule has 1 saturated heterocycles. The Balaban J connectivity index is 1.83. The first kappa shape index (κ1) is 19.1. The zero-order valence-electron chi connectivity index (χ0n) is 14.8. The molecule has 1 heterocycles. The maximum atomic E-state index is 12.3. The van der Waals surface area contributed by atoms with Crippen LogP contribution in [0.3, 0.4) is 0 Å². The molecule has 0 saturated carbocycles. The molecule has 2 aromatic carbocycles. The SMILES string of the molecule is CCN1C(=O)/C(=C/c2ccc(OC(=O)c3ccccc3)c(OC)c2)SC1=S. The van der Waals surface area contributed by atoms with Crippen molar-refractivity contribution in [1.82, 2.24) is 4.90 Å². The zero-order chi connectivity index (χ0) is 19.4. The Bertz CT molecular complexity index is 925. The maximum absolute atomic E-state index is 12.3. The summed E-state index contributed by atoms with van der Waals surface area (Å²) in [7, 11) is 1.50. The van der Waals surface area contributed by atoms with Crippen LogP contribution in [0, 0.1) is 0 Å². The van der Waals surface area contributed by atoms with Crippen LogP contribution in [0.2, 0.25) is 0 Å². The molecule has 1 amide bonds. The fourth-order valence-electron chi connectivity index (χ4n) is 2.52. The minimum atomic E-state index is -0.467. The van der Waals surface area contributed by atoms with Crippen molar-refractivity contribution in [1.29, 1.82) is 0 Å². The molecule has 1 aliphatic rings. The molecule has 0 aliphatic carbocycles. The molecule has 5 nitrogen and oxygen atoms in total. The monoisotopic (exact) mass is 399 g/mol. The third-order valence-corrected chi connectivity index (χ3v) is 5.27. The number of esters is 1. The molecule has 0 radical (unpaired) electrons. The van der Waals surface area contributed by atoms with Gasteiger partial charge in [-0.15, -0.1) is 0 Å². The van der Waals surface area contributed by atoms with Gasteiger partial charge >= 0.3 is 5.97 Å². The van der Waals surface area contributed by atoms with Crippen molar-refractivity contribution in [2.45, 2.75) is 6.92 Å². The molecule has 0 atom stereocenters. The summed E-state index contributed by atoms with van der Waals surface area (Å²) in [6, 6.07) is 13.8. The average molecular weight is 399 g/mol. The third kappa shape index (κ3) is 4.20. The van der Waals surface area contributed by atoms with E-state index in [-0.39, 0.29) is 5.91 Å². The van der Waals surface area contributed by atoms with Crippen LogP contribution in [-0.2, 0) is 4.79 Å². The number of thiocarbonyl (C=S) groups is 1. The molecule has 0 bridgehead atoms. The van der Waals surface area contributed by atoms with Crippen molar-refractivity contribution in [2.24, 2.45) is 0 Å². The molecule has 7 heteroatoms. The predicted octanol–water partition coefficient (Wildman–Crippen LogP) is 4.14. The lowest BCUT2D eigenvalue weighted by Gasteiger charge is -2.10. The van der Waals surface area contributed by atoms with E-state index in [1.165, 1.54) is 18.9 Å². The second-order valence-electron chi connectivity index (χ2n) is 5.59. The number of benzene rings is 2. The number of methoxy groups -OCH3 is 1. The first-order valence-corrected chi connectivity index (χ1v) is 9.46. The minimum Gasteiger partial charge on any atom is -0.493 e. The quantitative estimate of drug-likeness (QED) is 0.326. The van der Waals surface area contributed by atoms with E-state index < -0.39 is 5.97 Å². The number of likely N-dealkylation sites (N-methyl/N-ethyl adjacent to an activating group) is 1. The van der Waals surface area contributed by atoms with Gasteiger partial charge in [-0.1, -0.05) is 48.2 Å². The number of thioether (sulfide) groups is 1. The Hall–Kier alpha value is -2.64. The zero-order valence-corrected chi connectivity index (χ0v) is 16.4. The highest BCUT2D eigenvalue weighted by atomic mass is 32.2. The highest BCUT2D eigenvalue weighted by Gasteiger charge is 2.30. The van der Waals surface area contributed by atoms with E-state index in [1.54, 1.807) is 53.4 Å². The van der Waals surface area contributed by atoms with Crippen molar-refractivity contribution in [2.75, 3.05) is 13.7 Å². The summed E-state index contributed by atoms with van der Waals surface area (Å²) in [6.07, 6.45) is 1.75. The van der Waals surface area contributed by atoms with Gasteiger partial charge in [-0.3, -0.25) is 9.69 Å². The Kier molecular flexibility index (Phi) is 5.93. The van der Waals surface area contributed by atoms with E-state index in [0.717, 1.165) is 5.56 Å². The normalized spacial score (nSPS) is 15.3. The molecule has 3 rings (SSSR count). The second-order valence-corrected chi connectivity index (χ2v) is 7.27. The molecular formula is C20H17NO4S2. The topological polar surface area (TPSA) is 55.8 Å². The van der Waals surface area contributed by atoms with Crippen LogP contribution in [0.4, 0.5) is 0 Å². The largest absolute Gasteiger partial charge is 0.493 e. The summed E-state index contributed by atoms with van der Waals surface area (Å²) in [5.41, 5.74) is 1.20. The third-order valence-electron chi connectivity index (χ3n) is 3.89. The van der Waals surface area contributed by atoms with E-state index in [2.05, 4.69) is 0 Å². The maximum Gasteiger partial charge on any atom is 0.343 e. The number of carbonyl (C=O) groups is 2. The van der Waals surface area contributed by atoms with E-state index in [1.807, 2.05) is 13.0 Å². The summed E-state index contributed by atoms with van der Waals surface area (Å²) in [4.78, 5) is 26.7. The summed E-state index contributed by atoms with van der Waals surface area (Å²) in [5.74, 6) is 0.139. The molecule has 2 aromatic rings. The van der Waals surface area contributed by atoms with Crippen LogP contribution in [0.5, 0.6) is 11.5 Å². The second kappa shape index (κ2) is 8.37. The first-order chi connectivity index (χ1) is 13.0. The number of hydrogen-bond donors (Lipinski definition) is 0. The van der Waals surface area contributed by atoms with E-state index >= 15 is 0 Å². The van der Waals surface area contributed by atoms with E-state index in [0.29, 0.717) is 32.8 Å². The summed E-state index contributed by atoms with van der Waals surface area (Å²) < 4.78 is 11.3. The predicted molar refractivity (Wildman–Crippen MR) is 110 cm³/mol.